The number of halogens is 4. The molecule has 2 rings (SSSR count). The Bertz CT molecular complexity index is 530. The first-order chi connectivity index (χ1) is 10.5. The number of fused-ring (bicyclic) bond motifs is 1. The number of nitrogens with two attached hydrogens (primary N) is 1. The fourth-order valence-corrected chi connectivity index (χ4v) is 2.71. The number of nitrogens with one attached hydrogen (secondary N) is 1. The lowest BCUT2D eigenvalue weighted by atomic mass is 9.90. The molecule has 1 aromatic rings. The highest BCUT2D eigenvalue weighted by Gasteiger charge is 2.25. The lowest BCUT2D eigenvalue weighted by molar-refractivity contribution is -0.135. The van der Waals surface area contributed by atoms with E-state index < -0.39 is 12.6 Å². The van der Waals surface area contributed by atoms with Gasteiger partial charge in [-0.15, -0.1) is 24.0 Å². The van der Waals surface area contributed by atoms with Gasteiger partial charge >= 0.3 is 6.18 Å². The summed E-state index contributed by atoms with van der Waals surface area (Å²) in [4.78, 5) is 4.10. The molecule has 23 heavy (non-hydrogen) atoms. The number of nitrogens with zero attached hydrogens (tertiary/aromatic N) is 1. The fraction of sp³-hybridized carbons (Fsp3) is 0.562. The maximum atomic E-state index is 12.0. The molecule has 0 heterocycles. The minimum atomic E-state index is -4.09. The summed E-state index contributed by atoms with van der Waals surface area (Å²) in [6.45, 7) is 0.309. The first-order valence-corrected chi connectivity index (χ1v) is 7.70. The summed E-state index contributed by atoms with van der Waals surface area (Å²) in [5.41, 5.74) is 9.41. The molecule has 0 unspecified atom stereocenters. The van der Waals surface area contributed by atoms with E-state index in [-0.39, 0.29) is 36.4 Å². The minimum Gasteiger partial charge on any atom is -0.370 e. The molecule has 1 aromatic carbocycles. The summed E-state index contributed by atoms with van der Waals surface area (Å²) >= 11 is 0. The van der Waals surface area contributed by atoms with Gasteiger partial charge in [0.15, 0.2) is 5.96 Å². The van der Waals surface area contributed by atoms with E-state index in [4.69, 9.17) is 5.73 Å². The van der Waals surface area contributed by atoms with E-state index in [0.29, 0.717) is 13.0 Å². The van der Waals surface area contributed by atoms with Gasteiger partial charge in [0, 0.05) is 18.7 Å². The quantitative estimate of drug-likeness (QED) is 0.303. The van der Waals surface area contributed by atoms with Crippen molar-refractivity contribution in [3.8, 4) is 0 Å². The molecule has 1 aliphatic carbocycles. The molecule has 3 nitrogen and oxygen atoms in total. The minimum absolute atomic E-state index is 0. The third-order valence-corrected chi connectivity index (χ3v) is 3.81. The van der Waals surface area contributed by atoms with Gasteiger partial charge in [0.25, 0.3) is 0 Å². The highest BCUT2D eigenvalue weighted by molar-refractivity contribution is 14.0. The molecule has 130 valence electrons. The van der Waals surface area contributed by atoms with Crippen LogP contribution in [0.5, 0.6) is 0 Å². The van der Waals surface area contributed by atoms with Crippen LogP contribution in [-0.4, -0.2) is 18.7 Å². The molecule has 3 N–H and O–H groups in total. The van der Waals surface area contributed by atoms with Crippen molar-refractivity contribution in [2.24, 2.45) is 10.7 Å². The second kappa shape index (κ2) is 9.34. The first kappa shape index (κ1) is 20.1. The molecule has 7 heteroatoms. The van der Waals surface area contributed by atoms with Crippen LogP contribution in [0, 0.1) is 0 Å². The van der Waals surface area contributed by atoms with Crippen molar-refractivity contribution in [3.63, 3.8) is 0 Å². The maximum Gasteiger partial charge on any atom is 0.389 e. The molecule has 0 saturated heterocycles. The molecular formula is C16H23F3IN3. The number of hydrogen-bond acceptors (Lipinski definition) is 1. The Morgan fingerprint density at radius 1 is 1.17 bits per heavy atom. The van der Waals surface area contributed by atoms with Crippen molar-refractivity contribution in [1.29, 1.82) is 0 Å². The van der Waals surface area contributed by atoms with Crippen molar-refractivity contribution in [2.75, 3.05) is 11.9 Å². The van der Waals surface area contributed by atoms with E-state index in [1.54, 1.807) is 0 Å². The Morgan fingerprint density at radius 3 is 2.65 bits per heavy atom. The number of alkyl halides is 3. The predicted molar refractivity (Wildman–Crippen MR) is 98.5 cm³/mol. The molecular weight excluding hydrogens is 418 g/mol. The molecule has 1 aliphatic rings. The Labute approximate surface area is 152 Å². The van der Waals surface area contributed by atoms with E-state index in [2.05, 4.69) is 16.4 Å². The lowest BCUT2D eigenvalue weighted by Gasteiger charge is -2.19. The third-order valence-electron chi connectivity index (χ3n) is 3.81. The van der Waals surface area contributed by atoms with Crippen LogP contribution in [0.2, 0.25) is 0 Å². The SMILES string of the molecule is I.NC(=NCCCCC(F)(F)F)Nc1cccc2c1CCCC2. The number of benzene rings is 1. The van der Waals surface area contributed by atoms with Crippen LogP contribution in [0.4, 0.5) is 18.9 Å². The smallest absolute Gasteiger partial charge is 0.370 e. The first-order valence-electron chi connectivity index (χ1n) is 7.70. The van der Waals surface area contributed by atoms with Crippen LogP contribution >= 0.6 is 24.0 Å². The van der Waals surface area contributed by atoms with E-state index in [0.717, 1.165) is 18.5 Å². The number of unbranched alkanes of at least 4 members (excludes halogenated alkanes) is 1. The average Bonchev–Trinajstić information content (AvgIpc) is 2.46. The van der Waals surface area contributed by atoms with E-state index >= 15 is 0 Å². The number of aryl methyl sites for hydroxylation is 1. The van der Waals surface area contributed by atoms with Gasteiger partial charge in [-0.3, -0.25) is 4.99 Å². The van der Waals surface area contributed by atoms with Crippen LogP contribution in [-0.2, 0) is 12.8 Å². The van der Waals surface area contributed by atoms with Gasteiger partial charge in [0.1, 0.15) is 0 Å². The van der Waals surface area contributed by atoms with Crippen molar-refractivity contribution >= 4 is 35.6 Å². The summed E-state index contributed by atoms with van der Waals surface area (Å²) in [5, 5.41) is 3.08. The van der Waals surface area contributed by atoms with Crippen LogP contribution < -0.4 is 11.1 Å². The van der Waals surface area contributed by atoms with Crippen LogP contribution in [0.25, 0.3) is 0 Å². The van der Waals surface area contributed by atoms with Crippen molar-refractivity contribution in [1.82, 2.24) is 0 Å². The fourth-order valence-electron chi connectivity index (χ4n) is 2.71. The Balaban J connectivity index is 0.00000264. The molecule has 0 saturated carbocycles. The molecule has 0 radical (unpaired) electrons. The molecule has 0 bridgehead atoms. The van der Waals surface area contributed by atoms with Crippen LogP contribution in [0.3, 0.4) is 0 Å². The number of hydrogen-bond donors (Lipinski definition) is 2. The van der Waals surface area contributed by atoms with Crippen molar-refractivity contribution in [2.45, 2.75) is 51.1 Å². The normalized spacial score (nSPS) is 14.8. The summed E-state index contributed by atoms with van der Waals surface area (Å²) in [6.07, 6.45) is 0.102. The van der Waals surface area contributed by atoms with Gasteiger partial charge in [-0.2, -0.15) is 13.2 Å². The van der Waals surface area contributed by atoms with Crippen LogP contribution in [0.1, 0.15) is 43.2 Å². The maximum absolute atomic E-state index is 12.0. The lowest BCUT2D eigenvalue weighted by Crippen LogP contribution is -2.24. The standard InChI is InChI=1S/C16H22F3N3.HI/c17-16(18,19)10-3-4-11-21-15(20)22-14-9-5-7-12-6-1-2-8-13(12)14;/h5,7,9H,1-4,6,8,10-11H2,(H3,20,21,22);1H. The van der Waals surface area contributed by atoms with Gasteiger partial charge in [-0.1, -0.05) is 12.1 Å². The van der Waals surface area contributed by atoms with Gasteiger partial charge < -0.3 is 11.1 Å². The predicted octanol–water partition coefficient (Wildman–Crippen LogP) is 4.64. The summed E-state index contributed by atoms with van der Waals surface area (Å²) in [5.74, 6) is 0.269. The van der Waals surface area contributed by atoms with E-state index in [9.17, 15) is 13.2 Å². The van der Waals surface area contributed by atoms with Gasteiger partial charge in [-0.05, 0) is 55.7 Å². The zero-order valence-corrected chi connectivity index (χ0v) is 15.3. The molecule has 0 aromatic heterocycles. The number of anilines is 1. The second-order valence-corrected chi connectivity index (χ2v) is 5.61. The van der Waals surface area contributed by atoms with Gasteiger partial charge in [0.2, 0.25) is 0 Å². The monoisotopic (exact) mass is 441 g/mol. The molecule has 0 atom stereocenters. The molecule has 0 spiro atoms. The highest BCUT2D eigenvalue weighted by Crippen LogP contribution is 2.27. The van der Waals surface area contributed by atoms with Crippen LogP contribution in [0.15, 0.2) is 23.2 Å². The summed E-state index contributed by atoms with van der Waals surface area (Å²) in [6, 6.07) is 6.09. The zero-order chi connectivity index (χ0) is 16.0. The largest absolute Gasteiger partial charge is 0.389 e. The summed E-state index contributed by atoms with van der Waals surface area (Å²) in [7, 11) is 0. The zero-order valence-electron chi connectivity index (χ0n) is 13.0. The van der Waals surface area contributed by atoms with Crippen molar-refractivity contribution < 1.29 is 13.2 Å². The van der Waals surface area contributed by atoms with Gasteiger partial charge in [0.05, 0.1) is 0 Å². The molecule has 0 amide bonds. The second-order valence-electron chi connectivity index (χ2n) is 5.61. The van der Waals surface area contributed by atoms with Gasteiger partial charge in [-0.25, -0.2) is 0 Å². The number of guanidine groups is 1. The summed E-state index contributed by atoms with van der Waals surface area (Å²) < 4.78 is 36.0. The average molecular weight is 441 g/mol. The van der Waals surface area contributed by atoms with E-state index in [1.807, 2.05) is 12.1 Å². The molecule has 0 fully saturated rings. The molecule has 0 aliphatic heterocycles. The van der Waals surface area contributed by atoms with E-state index in [1.165, 1.54) is 24.0 Å². The Morgan fingerprint density at radius 2 is 1.91 bits per heavy atom. The number of rotatable bonds is 5. The Kier molecular flexibility index (Phi) is 8.15. The topological polar surface area (TPSA) is 50.4 Å². The highest BCUT2D eigenvalue weighted by atomic mass is 127. The number of aliphatic imine (C=N–C) groups is 1. The Hall–Kier alpha value is -0.990. The third kappa shape index (κ3) is 6.97. The van der Waals surface area contributed by atoms with Crippen molar-refractivity contribution in [3.05, 3.63) is 29.3 Å².